The van der Waals surface area contributed by atoms with E-state index in [1.165, 1.54) is 29.5 Å². The maximum atomic E-state index is 9.03. The van der Waals surface area contributed by atoms with Crippen molar-refractivity contribution in [3.8, 4) is 0 Å². The first-order chi connectivity index (χ1) is 18.2. The second-order valence-corrected chi connectivity index (χ2v) is 8.97. The number of allylic oxidation sites excluding steroid dienone is 3. The van der Waals surface area contributed by atoms with Crippen LogP contribution in [-0.4, -0.2) is 17.9 Å². The molecule has 0 amide bonds. The SMILES string of the molecule is C=C(C)C.C=C(O)/C(C)=C(/C)C(C)=NC.CC.CC.CC.CC(C)C.CCCC.CCc1ccc(CC)cc1. The molecule has 0 aliphatic heterocycles. The molecular weight excluding hydrogens is 474 g/mol. The molecule has 0 aliphatic rings. The molecule has 0 heterocycles. The quantitative estimate of drug-likeness (QED) is 0.168. The highest BCUT2D eigenvalue weighted by atomic mass is 16.3. The van der Waals surface area contributed by atoms with Crippen LogP contribution in [0, 0.1) is 5.92 Å². The summed E-state index contributed by atoms with van der Waals surface area (Å²) in [5, 5.41) is 9.03. The molecule has 234 valence electrons. The number of aliphatic hydroxyl groups is 1. The standard InChI is InChI=1S/C10H14.C9H15NO.C4H10.C4H8.C4H10.3C2H6/c1-3-9-5-7-10(4-2)8-6-9;1-6(8(3)10-5)7(2)9(4)11;2*1-4(2)3;1-3-4-2;3*1-2/h5-8H,3-4H2,1-2H3;11H,4H2,1-3,5H3;4H,1-3H3;1H2,2-3H3;3-4H2,1-2H3;3*1-2H3/b;7-6-,10-8?;;;;;;. The van der Waals surface area contributed by atoms with Gasteiger partial charge in [0.1, 0.15) is 5.76 Å². The molecule has 0 aliphatic carbocycles. The summed E-state index contributed by atoms with van der Waals surface area (Å²) in [4.78, 5) is 4.00. The predicted molar refractivity (Wildman–Crippen MR) is 190 cm³/mol. The van der Waals surface area contributed by atoms with Crippen molar-refractivity contribution in [1.29, 1.82) is 0 Å². The molecule has 0 bridgehead atoms. The number of aliphatic hydroxyl groups excluding tert-OH is 1. The highest BCUT2D eigenvalue weighted by Crippen LogP contribution is 2.11. The third-order valence-corrected chi connectivity index (χ3v) is 4.21. The van der Waals surface area contributed by atoms with Gasteiger partial charge in [0.2, 0.25) is 0 Å². The van der Waals surface area contributed by atoms with Crippen LogP contribution in [0.4, 0.5) is 0 Å². The van der Waals surface area contributed by atoms with E-state index in [2.05, 4.69) is 90.9 Å². The Bertz CT molecular complexity index is 629. The van der Waals surface area contributed by atoms with Crippen molar-refractivity contribution in [3.05, 3.63) is 71.0 Å². The Kier molecular flexibility index (Phi) is 62.5. The number of aryl methyl sites for hydroxylation is 2. The van der Waals surface area contributed by atoms with Gasteiger partial charge in [0.25, 0.3) is 0 Å². The van der Waals surface area contributed by atoms with Crippen molar-refractivity contribution in [2.75, 3.05) is 7.05 Å². The minimum Gasteiger partial charge on any atom is -0.508 e. The van der Waals surface area contributed by atoms with Crippen LogP contribution in [0.15, 0.2) is 64.9 Å². The first-order valence-electron chi connectivity index (χ1n) is 15.4. The zero-order valence-corrected chi connectivity index (χ0v) is 30.5. The van der Waals surface area contributed by atoms with E-state index in [4.69, 9.17) is 5.11 Å². The average molecular weight is 550 g/mol. The maximum Gasteiger partial charge on any atom is 0.111 e. The van der Waals surface area contributed by atoms with Gasteiger partial charge in [-0.25, -0.2) is 0 Å². The molecule has 0 radical (unpaired) electrons. The predicted octanol–water partition coefficient (Wildman–Crippen LogP) is 13.4. The molecule has 0 saturated carbocycles. The van der Waals surface area contributed by atoms with Crippen molar-refractivity contribution in [2.45, 2.75) is 150 Å². The van der Waals surface area contributed by atoms with Crippen LogP contribution < -0.4 is 0 Å². The molecule has 2 nitrogen and oxygen atoms in total. The highest BCUT2D eigenvalue weighted by molar-refractivity contribution is 5.98. The summed E-state index contributed by atoms with van der Waals surface area (Å²) < 4.78 is 0. The molecule has 0 unspecified atom stereocenters. The maximum absolute atomic E-state index is 9.03. The van der Waals surface area contributed by atoms with Gasteiger partial charge in [-0.3, -0.25) is 4.99 Å². The van der Waals surface area contributed by atoms with E-state index in [9.17, 15) is 0 Å². The van der Waals surface area contributed by atoms with Crippen molar-refractivity contribution >= 4 is 5.71 Å². The third kappa shape index (κ3) is 57.0. The normalized spacial score (nSPS) is 9.38. The average Bonchev–Trinajstić information content (AvgIpc) is 2.94. The van der Waals surface area contributed by atoms with Gasteiger partial charge in [-0.15, -0.1) is 6.58 Å². The molecule has 0 fully saturated rings. The summed E-state index contributed by atoms with van der Waals surface area (Å²) in [6, 6.07) is 8.83. The molecule has 2 heteroatoms. The Hall–Kier alpha value is -2.09. The molecule has 39 heavy (non-hydrogen) atoms. The molecule has 0 spiro atoms. The number of nitrogens with zero attached hydrogens (tertiary/aromatic N) is 1. The Morgan fingerprint density at radius 2 is 0.897 bits per heavy atom. The smallest absolute Gasteiger partial charge is 0.111 e. The van der Waals surface area contributed by atoms with Crippen LogP contribution >= 0.6 is 0 Å². The number of unbranched alkanes of at least 4 members (excludes halogenated alkanes) is 1. The highest BCUT2D eigenvalue weighted by Gasteiger charge is 2.01. The second kappa shape index (κ2) is 45.8. The molecule has 1 rings (SSSR count). The number of hydrogen-bond donors (Lipinski definition) is 1. The molecule has 1 aromatic rings. The Morgan fingerprint density at radius 1 is 0.667 bits per heavy atom. The summed E-state index contributed by atoms with van der Waals surface area (Å²) in [7, 11) is 1.73. The van der Waals surface area contributed by atoms with Gasteiger partial charge in [0.05, 0.1) is 0 Å². The zero-order chi connectivity index (χ0) is 33.0. The van der Waals surface area contributed by atoms with Gasteiger partial charge >= 0.3 is 0 Å². The largest absolute Gasteiger partial charge is 0.508 e. The Labute approximate surface area is 249 Å². The lowest BCUT2D eigenvalue weighted by atomic mass is 10.1. The second-order valence-electron chi connectivity index (χ2n) is 8.97. The van der Waals surface area contributed by atoms with Crippen molar-refractivity contribution in [3.63, 3.8) is 0 Å². The van der Waals surface area contributed by atoms with Gasteiger partial charge in [0, 0.05) is 12.8 Å². The fourth-order valence-corrected chi connectivity index (χ4v) is 1.67. The van der Waals surface area contributed by atoms with E-state index < -0.39 is 0 Å². The van der Waals surface area contributed by atoms with Crippen LogP contribution in [0.3, 0.4) is 0 Å². The van der Waals surface area contributed by atoms with Crippen LogP contribution in [-0.2, 0) is 12.8 Å². The van der Waals surface area contributed by atoms with Crippen LogP contribution in [0.2, 0.25) is 0 Å². The van der Waals surface area contributed by atoms with Crippen molar-refractivity contribution < 1.29 is 5.11 Å². The monoisotopic (exact) mass is 550 g/mol. The minimum atomic E-state index is 0.116. The van der Waals surface area contributed by atoms with Gasteiger partial charge < -0.3 is 5.11 Å². The number of benzene rings is 1. The summed E-state index contributed by atoms with van der Waals surface area (Å²) in [5.74, 6) is 0.950. The molecule has 0 atom stereocenters. The van der Waals surface area contributed by atoms with E-state index in [0.29, 0.717) is 0 Å². The number of rotatable bonds is 5. The first kappa shape index (κ1) is 53.2. The zero-order valence-electron chi connectivity index (χ0n) is 30.5. The fraction of sp³-hybridized carbons (Fsp3) is 0.649. The molecule has 1 N–H and O–H groups in total. The van der Waals surface area contributed by atoms with E-state index in [1.54, 1.807) is 7.05 Å². The van der Waals surface area contributed by atoms with E-state index in [-0.39, 0.29) is 5.76 Å². The van der Waals surface area contributed by atoms with Crippen LogP contribution in [0.1, 0.15) is 149 Å². The number of aliphatic imine (C=N–C) groups is 1. The van der Waals surface area contributed by atoms with Gasteiger partial charge in [-0.2, -0.15) is 0 Å². The molecular formula is C37H75NO. The molecule has 0 saturated heterocycles. The summed E-state index contributed by atoms with van der Waals surface area (Å²) >= 11 is 0. The lowest BCUT2D eigenvalue weighted by molar-refractivity contribution is 0.425. The van der Waals surface area contributed by atoms with Crippen LogP contribution in [0.25, 0.3) is 0 Å². The minimum absolute atomic E-state index is 0.116. The van der Waals surface area contributed by atoms with Crippen molar-refractivity contribution in [1.82, 2.24) is 0 Å². The van der Waals surface area contributed by atoms with Gasteiger partial charge in [-0.05, 0) is 75.7 Å². The lowest BCUT2D eigenvalue weighted by Crippen LogP contribution is -1.97. The fourth-order valence-electron chi connectivity index (χ4n) is 1.67. The Morgan fingerprint density at radius 3 is 1.03 bits per heavy atom. The molecule has 0 aromatic heterocycles. The summed E-state index contributed by atoms with van der Waals surface area (Å²) in [6.07, 6.45) is 4.92. The van der Waals surface area contributed by atoms with E-state index in [0.717, 1.165) is 35.6 Å². The van der Waals surface area contributed by atoms with Gasteiger partial charge in [0.15, 0.2) is 0 Å². The lowest BCUT2D eigenvalue weighted by Gasteiger charge is -2.04. The Balaban J connectivity index is -0.0000000666. The topological polar surface area (TPSA) is 32.6 Å². The van der Waals surface area contributed by atoms with Crippen LogP contribution in [0.5, 0.6) is 0 Å². The third-order valence-electron chi connectivity index (χ3n) is 4.21. The van der Waals surface area contributed by atoms with E-state index in [1.807, 2.05) is 76.2 Å². The summed E-state index contributed by atoms with van der Waals surface area (Å²) in [5.41, 5.74) is 6.74. The van der Waals surface area contributed by atoms with Crippen molar-refractivity contribution in [2.24, 2.45) is 10.9 Å². The first-order valence-corrected chi connectivity index (χ1v) is 15.4. The van der Waals surface area contributed by atoms with E-state index >= 15 is 0 Å². The molecule has 1 aromatic carbocycles. The summed E-state index contributed by atoms with van der Waals surface area (Å²) in [6.45, 7) is 43.8. The van der Waals surface area contributed by atoms with Gasteiger partial charge in [-0.1, -0.05) is 139 Å². The number of hydrogen-bond acceptors (Lipinski definition) is 2.